The average Bonchev–Trinajstić information content (AvgIpc) is 3.28. The predicted octanol–water partition coefficient (Wildman–Crippen LogP) is 6.22. The van der Waals surface area contributed by atoms with Crippen LogP contribution in [0.25, 0.3) is 0 Å². The second-order valence-corrected chi connectivity index (χ2v) is 11.7. The van der Waals surface area contributed by atoms with Gasteiger partial charge < -0.3 is 29.6 Å². The maximum absolute atomic E-state index is 12.9. The smallest absolute Gasteiger partial charge is 0.346 e. The number of ether oxygens (including phenoxy) is 4. The Morgan fingerprint density at radius 3 is 2.07 bits per heavy atom. The molecular formula is C33H46N2O6. The van der Waals surface area contributed by atoms with Crippen LogP contribution in [0.1, 0.15) is 70.9 Å². The second-order valence-electron chi connectivity index (χ2n) is 11.7. The first kappa shape index (κ1) is 31.8. The van der Waals surface area contributed by atoms with Crippen LogP contribution in [0.5, 0.6) is 17.2 Å². The zero-order chi connectivity index (χ0) is 30.0. The number of hydrogen-bond acceptors (Lipinski definition) is 8. The molecule has 41 heavy (non-hydrogen) atoms. The number of ketones is 1. The fourth-order valence-electron chi connectivity index (χ4n) is 4.99. The first-order chi connectivity index (χ1) is 19.6. The molecule has 224 valence electrons. The van der Waals surface area contributed by atoms with Gasteiger partial charge in [-0.15, -0.1) is 0 Å². The number of carbonyl (C=O) groups excluding carboxylic acids is 2. The summed E-state index contributed by atoms with van der Waals surface area (Å²) in [4.78, 5) is 25.6. The minimum atomic E-state index is -0.660. The summed E-state index contributed by atoms with van der Waals surface area (Å²) in [5.41, 5.74) is 3.12. The molecule has 8 nitrogen and oxygen atoms in total. The van der Waals surface area contributed by atoms with Crippen molar-refractivity contribution in [3.05, 3.63) is 58.9 Å². The van der Waals surface area contributed by atoms with Gasteiger partial charge >= 0.3 is 5.97 Å². The summed E-state index contributed by atoms with van der Waals surface area (Å²) in [6.45, 7) is 8.62. The van der Waals surface area contributed by atoms with E-state index >= 15 is 0 Å². The minimum absolute atomic E-state index is 0.0380. The second kappa shape index (κ2) is 14.8. The van der Waals surface area contributed by atoms with Crippen molar-refractivity contribution in [2.45, 2.75) is 78.7 Å². The standard InChI is InChI=1S/C33H46N2O6/c1-8-9-10-11-12-24(17-22-13-15-23(16-14-22)20-33(2,3)4)34-31(29-26(36)21-41-32(29)37)35-30-27(39-6)18-25(38-5)19-28(30)40-7/h13-16,18-19,24,34-35H,8-12,17,20-21H2,1-7H3. The van der Waals surface area contributed by atoms with E-state index in [-0.39, 0.29) is 35.2 Å². The molecule has 0 saturated carbocycles. The summed E-state index contributed by atoms with van der Waals surface area (Å²) in [5.74, 6) is 0.665. The summed E-state index contributed by atoms with van der Waals surface area (Å²) in [6.07, 6.45) is 7.02. The molecule has 1 aliphatic rings. The van der Waals surface area contributed by atoms with Gasteiger partial charge in [-0.2, -0.15) is 0 Å². The summed E-state index contributed by atoms with van der Waals surface area (Å²) in [6, 6.07) is 12.1. The van der Waals surface area contributed by atoms with E-state index in [0.717, 1.165) is 44.9 Å². The summed E-state index contributed by atoms with van der Waals surface area (Å²) in [7, 11) is 4.63. The van der Waals surface area contributed by atoms with E-state index in [0.29, 0.717) is 22.9 Å². The monoisotopic (exact) mass is 566 g/mol. The molecule has 2 aromatic carbocycles. The summed E-state index contributed by atoms with van der Waals surface area (Å²) < 4.78 is 21.7. The highest BCUT2D eigenvalue weighted by molar-refractivity contribution is 6.22. The van der Waals surface area contributed by atoms with Gasteiger partial charge in [0.1, 0.15) is 34.3 Å². The Morgan fingerprint density at radius 1 is 0.927 bits per heavy atom. The molecule has 0 radical (unpaired) electrons. The molecule has 0 spiro atoms. The number of rotatable bonds is 15. The Balaban J connectivity index is 1.97. The van der Waals surface area contributed by atoms with Crippen LogP contribution in [-0.4, -0.2) is 45.7 Å². The lowest BCUT2D eigenvalue weighted by Crippen LogP contribution is -2.36. The van der Waals surface area contributed by atoms with Crippen LogP contribution in [-0.2, 0) is 27.2 Å². The third-order valence-electron chi connectivity index (χ3n) is 7.03. The maximum Gasteiger partial charge on any atom is 0.346 e. The fraction of sp³-hybridized carbons (Fsp3) is 0.515. The summed E-state index contributed by atoms with van der Waals surface area (Å²) in [5, 5.41) is 6.79. The number of esters is 1. The molecule has 1 saturated heterocycles. The molecule has 8 heteroatoms. The van der Waals surface area contributed by atoms with Gasteiger partial charge in [-0.25, -0.2) is 4.79 Å². The lowest BCUT2D eigenvalue weighted by molar-refractivity contribution is -0.135. The van der Waals surface area contributed by atoms with Crippen molar-refractivity contribution in [1.29, 1.82) is 0 Å². The van der Waals surface area contributed by atoms with Gasteiger partial charge in [-0.3, -0.25) is 4.79 Å². The molecule has 1 heterocycles. The highest BCUT2D eigenvalue weighted by Gasteiger charge is 2.34. The van der Waals surface area contributed by atoms with Crippen molar-refractivity contribution < 1.29 is 28.5 Å². The molecular weight excluding hydrogens is 520 g/mol. The number of benzene rings is 2. The Labute approximate surface area is 244 Å². The normalized spacial score (nSPS) is 15.3. The van der Waals surface area contributed by atoms with Gasteiger partial charge in [0.15, 0.2) is 6.61 Å². The molecule has 2 aromatic rings. The van der Waals surface area contributed by atoms with Crippen molar-refractivity contribution in [1.82, 2.24) is 5.32 Å². The van der Waals surface area contributed by atoms with Crippen LogP contribution in [0.2, 0.25) is 0 Å². The van der Waals surface area contributed by atoms with Gasteiger partial charge in [0.2, 0.25) is 5.78 Å². The molecule has 1 atom stereocenters. The molecule has 1 fully saturated rings. The highest BCUT2D eigenvalue weighted by Crippen LogP contribution is 2.40. The van der Waals surface area contributed by atoms with E-state index in [9.17, 15) is 9.59 Å². The number of anilines is 1. The number of hydrogen-bond donors (Lipinski definition) is 2. The Kier molecular flexibility index (Phi) is 11.5. The fourth-order valence-corrected chi connectivity index (χ4v) is 4.99. The van der Waals surface area contributed by atoms with Crippen molar-refractivity contribution in [3.8, 4) is 17.2 Å². The van der Waals surface area contributed by atoms with E-state index in [1.165, 1.54) is 25.3 Å². The van der Waals surface area contributed by atoms with Crippen molar-refractivity contribution in [2.75, 3.05) is 33.3 Å². The SMILES string of the molecule is CCCCCCC(Cc1ccc(CC(C)(C)C)cc1)NC(Nc1c(OC)cc(OC)cc1OC)=C1C(=O)COC1=O. The van der Waals surface area contributed by atoms with Crippen LogP contribution in [0.15, 0.2) is 47.8 Å². The Hall–Kier alpha value is -3.68. The molecule has 3 rings (SSSR count). The van der Waals surface area contributed by atoms with Crippen LogP contribution >= 0.6 is 0 Å². The van der Waals surface area contributed by atoms with Crippen LogP contribution in [0.3, 0.4) is 0 Å². The van der Waals surface area contributed by atoms with Gasteiger partial charge in [-0.05, 0) is 35.8 Å². The molecule has 1 aliphatic heterocycles. The first-order valence-electron chi connectivity index (χ1n) is 14.4. The first-order valence-corrected chi connectivity index (χ1v) is 14.4. The molecule has 1 unspecified atom stereocenters. The molecule has 0 bridgehead atoms. The average molecular weight is 567 g/mol. The predicted molar refractivity (Wildman–Crippen MR) is 162 cm³/mol. The molecule has 0 amide bonds. The summed E-state index contributed by atoms with van der Waals surface area (Å²) >= 11 is 0. The third-order valence-corrected chi connectivity index (χ3v) is 7.03. The Bertz CT molecular complexity index is 1170. The lowest BCUT2D eigenvalue weighted by Gasteiger charge is -2.25. The van der Waals surface area contributed by atoms with Crippen LogP contribution in [0.4, 0.5) is 5.69 Å². The van der Waals surface area contributed by atoms with Crippen LogP contribution in [0, 0.1) is 5.41 Å². The quantitative estimate of drug-likeness (QED) is 0.114. The molecule has 0 aromatic heterocycles. The van der Waals surface area contributed by atoms with Gasteiger partial charge in [0.05, 0.1) is 21.3 Å². The van der Waals surface area contributed by atoms with Crippen LogP contribution < -0.4 is 24.8 Å². The van der Waals surface area contributed by atoms with E-state index < -0.39 is 5.97 Å². The third kappa shape index (κ3) is 9.17. The zero-order valence-corrected chi connectivity index (χ0v) is 25.6. The molecule has 2 N–H and O–H groups in total. The number of methoxy groups -OCH3 is 3. The maximum atomic E-state index is 12.9. The van der Waals surface area contributed by atoms with E-state index in [4.69, 9.17) is 18.9 Å². The van der Waals surface area contributed by atoms with E-state index in [2.05, 4.69) is 62.6 Å². The van der Waals surface area contributed by atoms with E-state index in [1.807, 2.05) is 0 Å². The number of carbonyl (C=O) groups is 2. The van der Waals surface area contributed by atoms with Gasteiger partial charge in [0.25, 0.3) is 0 Å². The van der Waals surface area contributed by atoms with E-state index in [1.54, 1.807) is 19.2 Å². The van der Waals surface area contributed by atoms with Crippen molar-refractivity contribution in [2.24, 2.45) is 5.41 Å². The Morgan fingerprint density at radius 2 is 1.56 bits per heavy atom. The zero-order valence-electron chi connectivity index (χ0n) is 25.6. The highest BCUT2D eigenvalue weighted by atomic mass is 16.5. The minimum Gasteiger partial charge on any atom is -0.496 e. The number of nitrogens with one attached hydrogen (secondary N) is 2. The number of unbranched alkanes of at least 4 members (excludes halogenated alkanes) is 3. The van der Waals surface area contributed by atoms with Crippen molar-refractivity contribution in [3.63, 3.8) is 0 Å². The topological polar surface area (TPSA) is 95.1 Å². The number of Topliss-reactive ketones (excluding diaryl/α,β-unsaturated/α-hetero) is 1. The van der Waals surface area contributed by atoms with Gasteiger partial charge in [0, 0.05) is 18.2 Å². The number of cyclic esters (lactones) is 1. The molecule has 0 aliphatic carbocycles. The largest absolute Gasteiger partial charge is 0.496 e. The lowest BCUT2D eigenvalue weighted by atomic mass is 9.87. The van der Waals surface area contributed by atoms with Crippen molar-refractivity contribution >= 4 is 17.4 Å². The van der Waals surface area contributed by atoms with Gasteiger partial charge in [-0.1, -0.05) is 77.6 Å².